The van der Waals surface area contributed by atoms with Gasteiger partial charge < -0.3 is 5.32 Å². The molecule has 0 spiro atoms. The summed E-state index contributed by atoms with van der Waals surface area (Å²) in [5, 5.41) is 6.78. The molecule has 0 aliphatic carbocycles. The third-order valence-electron chi connectivity index (χ3n) is 3.37. The third-order valence-corrected chi connectivity index (χ3v) is 4.56. The number of rotatable bonds is 5. The van der Waals surface area contributed by atoms with Crippen molar-refractivity contribution in [3.05, 3.63) is 16.1 Å². The molecule has 0 bridgehead atoms. The van der Waals surface area contributed by atoms with Gasteiger partial charge in [0.05, 0.1) is 10.7 Å². The van der Waals surface area contributed by atoms with E-state index >= 15 is 0 Å². The summed E-state index contributed by atoms with van der Waals surface area (Å²) in [4.78, 5) is 7.29. The molecule has 96 valence electrons. The van der Waals surface area contributed by atoms with Gasteiger partial charge in [0.2, 0.25) is 0 Å². The second-order valence-corrected chi connectivity index (χ2v) is 6.05. The SMILES string of the molecule is CNCC1CCCN1Cc1csc(C(C)C)n1. The van der Waals surface area contributed by atoms with Crippen molar-refractivity contribution in [1.29, 1.82) is 0 Å². The highest BCUT2D eigenvalue weighted by molar-refractivity contribution is 7.09. The average Bonchev–Trinajstić information content (AvgIpc) is 2.90. The Bertz CT molecular complexity index is 348. The van der Waals surface area contributed by atoms with Crippen LogP contribution < -0.4 is 5.32 Å². The fraction of sp³-hybridized carbons (Fsp3) is 0.769. The van der Waals surface area contributed by atoms with Crippen molar-refractivity contribution in [2.45, 2.75) is 45.2 Å². The summed E-state index contributed by atoms with van der Waals surface area (Å²) in [5.74, 6) is 0.556. The molecule has 1 aromatic heterocycles. The Labute approximate surface area is 108 Å². The standard InChI is InChI=1S/C13H23N3S/c1-10(2)13-15-11(9-17-13)8-16-6-4-5-12(16)7-14-3/h9-10,12,14H,4-8H2,1-3H3. The van der Waals surface area contributed by atoms with Crippen LogP contribution in [0.4, 0.5) is 0 Å². The lowest BCUT2D eigenvalue weighted by atomic mass is 10.2. The molecule has 0 radical (unpaired) electrons. The molecule has 2 rings (SSSR count). The smallest absolute Gasteiger partial charge is 0.0954 e. The van der Waals surface area contributed by atoms with Crippen LogP contribution in [0.15, 0.2) is 5.38 Å². The van der Waals surface area contributed by atoms with Crippen LogP contribution in [0, 0.1) is 0 Å². The van der Waals surface area contributed by atoms with Gasteiger partial charge in [-0.05, 0) is 26.4 Å². The predicted molar refractivity (Wildman–Crippen MR) is 73.6 cm³/mol. The van der Waals surface area contributed by atoms with Crippen molar-refractivity contribution < 1.29 is 0 Å². The van der Waals surface area contributed by atoms with E-state index in [2.05, 4.69) is 29.4 Å². The van der Waals surface area contributed by atoms with Gasteiger partial charge in [-0.3, -0.25) is 4.90 Å². The van der Waals surface area contributed by atoms with E-state index in [1.54, 1.807) is 11.3 Å². The van der Waals surface area contributed by atoms with Crippen LogP contribution >= 0.6 is 11.3 Å². The fourth-order valence-corrected chi connectivity index (χ4v) is 3.26. The minimum Gasteiger partial charge on any atom is -0.318 e. The first kappa shape index (κ1) is 13.0. The summed E-state index contributed by atoms with van der Waals surface area (Å²) in [6, 6.07) is 0.698. The van der Waals surface area contributed by atoms with Crippen LogP contribution in [0.3, 0.4) is 0 Å². The van der Waals surface area contributed by atoms with Crippen LogP contribution in [0.25, 0.3) is 0 Å². The molecule has 4 heteroatoms. The van der Waals surface area contributed by atoms with E-state index in [0.717, 1.165) is 13.1 Å². The van der Waals surface area contributed by atoms with Gasteiger partial charge in [0, 0.05) is 30.4 Å². The average molecular weight is 253 g/mol. The Hall–Kier alpha value is -0.450. The second-order valence-electron chi connectivity index (χ2n) is 5.16. The van der Waals surface area contributed by atoms with Gasteiger partial charge in [0.1, 0.15) is 0 Å². The van der Waals surface area contributed by atoms with Crippen molar-refractivity contribution in [2.75, 3.05) is 20.1 Å². The number of likely N-dealkylation sites (N-methyl/N-ethyl adjacent to an activating group) is 1. The summed E-state index contributed by atoms with van der Waals surface area (Å²) >= 11 is 1.80. The number of aromatic nitrogens is 1. The number of likely N-dealkylation sites (tertiary alicyclic amines) is 1. The predicted octanol–water partition coefficient (Wildman–Crippen LogP) is 2.45. The maximum absolute atomic E-state index is 4.72. The lowest BCUT2D eigenvalue weighted by Crippen LogP contribution is -2.36. The molecule has 17 heavy (non-hydrogen) atoms. The Morgan fingerprint density at radius 3 is 3.06 bits per heavy atom. The maximum Gasteiger partial charge on any atom is 0.0954 e. The lowest BCUT2D eigenvalue weighted by Gasteiger charge is -2.23. The maximum atomic E-state index is 4.72. The Morgan fingerprint density at radius 1 is 1.59 bits per heavy atom. The summed E-state index contributed by atoms with van der Waals surface area (Å²) in [6.45, 7) is 7.77. The molecule has 0 amide bonds. The molecular formula is C13H23N3S. The van der Waals surface area contributed by atoms with Crippen LogP contribution in [-0.4, -0.2) is 36.1 Å². The molecule has 1 aromatic rings. The minimum absolute atomic E-state index is 0.556. The third kappa shape index (κ3) is 3.27. The zero-order chi connectivity index (χ0) is 12.3. The second kappa shape index (κ2) is 5.94. The quantitative estimate of drug-likeness (QED) is 0.873. The van der Waals surface area contributed by atoms with Crippen molar-refractivity contribution in [3.8, 4) is 0 Å². The van der Waals surface area contributed by atoms with Gasteiger partial charge in [-0.15, -0.1) is 11.3 Å². The Balaban J connectivity index is 1.94. The van der Waals surface area contributed by atoms with Gasteiger partial charge in [-0.1, -0.05) is 13.8 Å². The van der Waals surface area contributed by atoms with E-state index in [4.69, 9.17) is 4.98 Å². The first-order valence-corrected chi connectivity index (χ1v) is 7.41. The van der Waals surface area contributed by atoms with Gasteiger partial charge in [-0.25, -0.2) is 4.98 Å². The molecule has 1 aliphatic heterocycles. The molecular weight excluding hydrogens is 230 g/mol. The summed E-state index contributed by atoms with van der Waals surface area (Å²) in [5.41, 5.74) is 1.25. The van der Waals surface area contributed by atoms with E-state index in [9.17, 15) is 0 Å². The van der Waals surface area contributed by atoms with E-state index in [1.807, 2.05) is 7.05 Å². The molecule has 0 aromatic carbocycles. The lowest BCUT2D eigenvalue weighted by molar-refractivity contribution is 0.240. The van der Waals surface area contributed by atoms with E-state index in [-0.39, 0.29) is 0 Å². The molecule has 3 nitrogen and oxygen atoms in total. The molecule has 1 unspecified atom stereocenters. The first-order chi connectivity index (χ1) is 8.20. The van der Waals surface area contributed by atoms with E-state index < -0.39 is 0 Å². The topological polar surface area (TPSA) is 28.2 Å². The number of hydrogen-bond acceptors (Lipinski definition) is 4. The van der Waals surface area contributed by atoms with E-state index in [1.165, 1.54) is 30.1 Å². The van der Waals surface area contributed by atoms with E-state index in [0.29, 0.717) is 12.0 Å². The highest BCUT2D eigenvalue weighted by Gasteiger charge is 2.24. The minimum atomic E-state index is 0.556. The van der Waals surface area contributed by atoms with Crippen LogP contribution in [0.5, 0.6) is 0 Å². The summed E-state index contributed by atoms with van der Waals surface area (Å²) in [6.07, 6.45) is 2.65. The van der Waals surface area contributed by atoms with Crippen LogP contribution in [0.1, 0.15) is 43.3 Å². The van der Waals surface area contributed by atoms with Gasteiger partial charge in [0.15, 0.2) is 0 Å². The molecule has 1 atom stereocenters. The highest BCUT2D eigenvalue weighted by Crippen LogP contribution is 2.23. The van der Waals surface area contributed by atoms with Gasteiger partial charge in [-0.2, -0.15) is 0 Å². The highest BCUT2D eigenvalue weighted by atomic mass is 32.1. The normalized spacial score (nSPS) is 21.5. The molecule has 1 saturated heterocycles. The van der Waals surface area contributed by atoms with Gasteiger partial charge in [0.25, 0.3) is 0 Å². The fourth-order valence-electron chi connectivity index (χ4n) is 2.44. The largest absolute Gasteiger partial charge is 0.318 e. The van der Waals surface area contributed by atoms with Crippen molar-refractivity contribution >= 4 is 11.3 Å². The number of nitrogens with one attached hydrogen (secondary N) is 1. The molecule has 0 saturated carbocycles. The van der Waals surface area contributed by atoms with Crippen molar-refractivity contribution in [2.24, 2.45) is 0 Å². The van der Waals surface area contributed by atoms with Crippen molar-refractivity contribution in [3.63, 3.8) is 0 Å². The number of nitrogens with zero attached hydrogens (tertiary/aromatic N) is 2. The zero-order valence-corrected chi connectivity index (χ0v) is 11.9. The number of thiazole rings is 1. The zero-order valence-electron chi connectivity index (χ0n) is 11.1. The molecule has 1 aliphatic rings. The van der Waals surface area contributed by atoms with Crippen LogP contribution in [0.2, 0.25) is 0 Å². The summed E-state index contributed by atoms with van der Waals surface area (Å²) in [7, 11) is 2.04. The molecule has 2 heterocycles. The van der Waals surface area contributed by atoms with Gasteiger partial charge >= 0.3 is 0 Å². The molecule has 1 N–H and O–H groups in total. The number of hydrogen-bond donors (Lipinski definition) is 1. The monoisotopic (exact) mass is 253 g/mol. The molecule has 1 fully saturated rings. The first-order valence-electron chi connectivity index (χ1n) is 6.53. The Morgan fingerprint density at radius 2 is 2.41 bits per heavy atom. The van der Waals surface area contributed by atoms with Crippen molar-refractivity contribution in [1.82, 2.24) is 15.2 Å². The van der Waals surface area contributed by atoms with Crippen LogP contribution in [-0.2, 0) is 6.54 Å². The summed E-state index contributed by atoms with van der Waals surface area (Å²) < 4.78 is 0. The Kier molecular flexibility index (Phi) is 4.54.